The van der Waals surface area contributed by atoms with Gasteiger partial charge in [-0.15, -0.1) is 0 Å². The second kappa shape index (κ2) is 7.25. The number of rotatable bonds is 6. The highest BCUT2D eigenvalue weighted by Gasteiger charge is 2.10. The fourth-order valence-electron chi connectivity index (χ4n) is 1.65. The SMILES string of the molecule is CCNC(=O)CN(C)Cc1ccc(C(=O)O)cc1Br. The molecule has 104 valence electrons. The van der Waals surface area contributed by atoms with Gasteiger partial charge in [-0.25, -0.2) is 4.79 Å². The van der Waals surface area contributed by atoms with Gasteiger partial charge in [0.05, 0.1) is 12.1 Å². The minimum absolute atomic E-state index is 0.0247. The van der Waals surface area contributed by atoms with Crippen LogP contribution >= 0.6 is 15.9 Å². The van der Waals surface area contributed by atoms with Crippen molar-refractivity contribution < 1.29 is 14.7 Å². The summed E-state index contributed by atoms with van der Waals surface area (Å²) < 4.78 is 0.732. The van der Waals surface area contributed by atoms with Crippen LogP contribution in [0, 0.1) is 0 Å². The predicted octanol–water partition coefficient (Wildman–Crippen LogP) is 1.72. The van der Waals surface area contributed by atoms with E-state index in [1.54, 1.807) is 18.2 Å². The minimum Gasteiger partial charge on any atom is -0.478 e. The van der Waals surface area contributed by atoms with E-state index in [2.05, 4.69) is 21.2 Å². The number of carbonyl (C=O) groups is 2. The molecule has 6 heteroatoms. The number of carboxylic acid groups (broad SMARTS) is 1. The molecule has 0 aliphatic rings. The molecule has 1 aromatic rings. The van der Waals surface area contributed by atoms with E-state index in [9.17, 15) is 9.59 Å². The quantitative estimate of drug-likeness (QED) is 0.834. The molecule has 0 aliphatic heterocycles. The molecule has 5 nitrogen and oxygen atoms in total. The van der Waals surface area contributed by atoms with Crippen LogP contribution in [0.15, 0.2) is 22.7 Å². The third-order valence-corrected chi connectivity index (χ3v) is 3.27. The molecule has 0 heterocycles. The van der Waals surface area contributed by atoms with E-state index < -0.39 is 5.97 Å². The summed E-state index contributed by atoms with van der Waals surface area (Å²) in [5.41, 5.74) is 1.18. The van der Waals surface area contributed by atoms with E-state index in [1.165, 1.54) is 0 Å². The first-order valence-corrected chi connectivity index (χ1v) is 6.70. The van der Waals surface area contributed by atoms with Crippen LogP contribution in [-0.4, -0.2) is 42.0 Å². The molecule has 0 spiro atoms. The Morgan fingerprint density at radius 2 is 2.11 bits per heavy atom. The van der Waals surface area contributed by atoms with Crippen LogP contribution in [0.4, 0.5) is 0 Å². The Labute approximate surface area is 120 Å². The van der Waals surface area contributed by atoms with Gasteiger partial charge in [0.1, 0.15) is 0 Å². The zero-order chi connectivity index (χ0) is 14.4. The van der Waals surface area contributed by atoms with Crippen molar-refractivity contribution in [3.8, 4) is 0 Å². The molecule has 19 heavy (non-hydrogen) atoms. The van der Waals surface area contributed by atoms with Crippen LogP contribution in [0.25, 0.3) is 0 Å². The number of nitrogens with zero attached hydrogens (tertiary/aromatic N) is 1. The molecule has 0 bridgehead atoms. The van der Waals surface area contributed by atoms with Gasteiger partial charge < -0.3 is 10.4 Å². The van der Waals surface area contributed by atoms with Crippen molar-refractivity contribution in [2.75, 3.05) is 20.1 Å². The third-order valence-electron chi connectivity index (χ3n) is 2.53. The first-order valence-electron chi connectivity index (χ1n) is 5.91. The zero-order valence-electron chi connectivity index (χ0n) is 10.9. The summed E-state index contributed by atoms with van der Waals surface area (Å²) in [6.45, 7) is 3.36. The van der Waals surface area contributed by atoms with Crippen molar-refractivity contribution in [3.63, 3.8) is 0 Å². The lowest BCUT2D eigenvalue weighted by molar-refractivity contribution is -0.121. The van der Waals surface area contributed by atoms with Crippen molar-refractivity contribution in [1.82, 2.24) is 10.2 Å². The lowest BCUT2D eigenvalue weighted by Crippen LogP contribution is -2.34. The van der Waals surface area contributed by atoms with E-state index in [0.717, 1.165) is 10.0 Å². The number of carboxylic acids is 1. The van der Waals surface area contributed by atoms with Crippen LogP contribution < -0.4 is 5.32 Å². The molecule has 1 amide bonds. The Balaban J connectivity index is 2.66. The number of nitrogens with one attached hydrogen (secondary N) is 1. The maximum absolute atomic E-state index is 11.4. The Hall–Kier alpha value is -1.40. The molecule has 1 rings (SSSR count). The summed E-state index contributed by atoms with van der Waals surface area (Å²) in [5.74, 6) is -0.980. The Morgan fingerprint density at radius 1 is 1.42 bits per heavy atom. The average molecular weight is 329 g/mol. The first-order chi connectivity index (χ1) is 8.93. The van der Waals surface area contributed by atoms with Crippen LogP contribution in [0.2, 0.25) is 0 Å². The maximum Gasteiger partial charge on any atom is 0.335 e. The fourth-order valence-corrected chi connectivity index (χ4v) is 2.16. The van der Waals surface area contributed by atoms with Gasteiger partial charge in [0.15, 0.2) is 0 Å². The monoisotopic (exact) mass is 328 g/mol. The Kier molecular flexibility index (Phi) is 5.98. The van der Waals surface area contributed by atoms with E-state index >= 15 is 0 Å². The summed E-state index contributed by atoms with van der Waals surface area (Å²) in [6, 6.07) is 4.88. The van der Waals surface area contributed by atoms with Gasteiger partial charge in [-0.05, 0) is 31.7 Å². The second-order valence-electron chi connectivity index (χ2n) is 4.24. The lowest BCUT2D eigenvalue weighted by Gasteiger charge is -2.17. The molecule has 2 N–H and O–H groups in total. The molecule has 0 aromatic heterocycles. The van der Waals surface area contributed by atoms with Crippen molar-refractivity contribution in [2.24, 2.45) is 0 Å². The number of likely N-dealkylation sites (N-methyl/N-ethyl adjacent to an activating group) is 2. The summed E-state index contributed by atoms with van der Waals surface area (Å²) in [5, 5.41) is 11.6. The maximum atomic E-state index is 11.4. The number of amides is 1. The molecule has 0 saturated heterocycles. The molecule has 0 atom stereocenters. The van der Waals surface area contributed by atoms with Gasteiger partial charge in [0.25, 0.3) is 0 Å². The summed E-state index contributed by atoms with van der Waals surface area (Å²) >= 11 is 3.35. The number of carbonyl (C=O) groups excluding carboxylic acids is 1. The van der Waals surface area contributed by atoms with Crippen molar-refractivity contribution in [1.29, 1.82) is 0 Å². The van der Waals surface area contributed by atoms with E-state index in [-0.39, 0.29) is 11.5 Å². The highest BCUT2D eigenvalue weighted by atomic mass is 79.9. The van der Waals surface area contributed by atoms with Crippen molar-refractivity contribution >= 4 is 27.8 Å². The van der Waals surface area contributed by atoms with E-state index in [1.807, 2.05) is 18.9 Å². The number of benzene rings is 1. The van der Waals surface area contributed by atoms with Gasteiger partial charge in [0, 0.05) is 17.6 Å². The molecular formula is C13H17BrN2O3. The van der Waals surface area contributed by atoms with E-state index in [0.29, 0.717) is 19.6 Å². The number of halogens is 1. The van der Waals surface area contributed by atoms with Crippen LogP contribution in [0.5, 0.6) is 0 Å². The molecule has 0 fully saturated rings. The largest absolute Gasteiger partial charge is 0.478 e. The standard InChI is InChI=1S/C13H17BrN2O3/c1-3-15-12(17)8-16(2)7-10-5-4-9(13(18)19)6-11(10)14/h4-6H,3,7-8H2,1-2H3,(H,15,17)(H,18,19). The smallest absolute Gasteiger partial charge is 0.335 e. The minimum atomic E-state index is -0.956. The predicted molar refractivity (Wildman–Crippen MR) is 76.1 cm³/mol. The molecule has 0 aliphatic carbocycles. The van der Waals surface area contributed by atoms with Gasteiger partial charge in [-0.3, -0.25) is 9.69 Å². The Bertz CT molecular complexity index is 477. The van der Waals surface area contributed by atoms with Crippen LogP contribution in [-0.2, 0) is 11.3 Å². The van der Waals surface area contributed by atoms with Crippen LogP contribution in [0.3, 0.4) is 0 Å². The highest BCUT2D eigenvalue weighted by molar-refractivity contribution is 9.10. The first kappa shape index (κ1) is 15.7. The molecule has 0 unspecified atom stereocenters. The second-order valence-corrected chi connectivity index (χ2v) is 5.09. The third kappa shape index (κ3) is 5.00. The Morgan fingerprint density at radius 3 is 2.63 bits per heavy atom. The molecule has 0 saturated carbocycles. The highest BCUT2D eigenvalue weighted by Crippen LogP contribution is 2.20. The number of aromatic carboxylic acids is 1. The van der Waals surface area contributed by atoms with Crippen LogP contribution in [0.1, 0.15) is 22.8 Å². The van der Waals surface area contributed by atoms with Crippen molar-refractivity contribution in [3.05, 3.63) is 33.8 Å². The van der Waals surface area contributed by atoms with Gasteiger partial charge >= 0.3 is 5.97 Å². The molecular weight excluding hydrogens is 312 g/mol. The summed E-state index contributed by atoms with van der Waals surface area (Å²) in [6.07, 6.45) is 0. The van der Waals surface area contributed by atoms with Crippen molar-refractivity contribution in [2.45, 2.75) is 13.5 Å². The topological polar surface area (TPSA) is 69.6 Å². The average Bonchev–Trinajstić information content (AvgIpc) is 2.31. The lowest BCUT2D eigenvalue weighted by atomic mass is 10.1. The zero-order valence-corrected chi connectivity index (χ0v) is 12.5. The molecule has 1 aromatic carbocycles. The number of hydrogen-bond acceptors (Lipinski definition) is 3. The normalized spacial score (nSPS) is 10.5. The molecule has 0 radical (unpaired) electrons. The van der Waals surface area contributed by atoms with Gasteiger partial charge in [0.2, 0.25) is 5.91 Å². The summed E-state index contributed by atoms with van der Waals surface area (Å²) in [7, 11) is 1.84. The van der Waals surface area contributed by atoms with Gasteiger partial charge in [-0.1, -0.05) is 22.0 Å². The fraction of sp³-hybridized carbons (Fsp3) is 0.385. The summed E-state index contributed by atoms with van der Waals surface area (Å²) in [4.78, 5) is 24.1. The van der Waals surface area contributed by atoms with Gasteiger partial charge in [-0.2, -0.15) is 0 Å². The van der Waals surface area contributed by atoms with E-state index in [4.69, 9.17) is 5.11 Å². The number of hydrogen-bond donors (Lipinski definition) is 2.